The Hall–Kier alpha value is -1.72. The van der Waals surface area contributed by atoms with Crippen molar-refractivity contribution < 1.29 is 14.6 Å². The number of hydrogen-bond donors (Lipinski definition) is 2. The van der Waals surface area contributed by atoms with Crippen molar-refractivity contribution in [1.82, 2.24) is 5.32 Å². The van der Waals surface area contributed by atoms with Crippen LogP contribution in [-0.4, -0.2) is 16.9 Å². The van der Waals surface area contributed by atoms with Crippen molar-refractivity contribution in [3.05, 3.63) is 53.3 Å². The lowest BCUT2D eigenvalue weighted by Gasteiger charge is -2.23. The van der Waals surface area contributed by atoms with Crippen LogP contribution in [-0.2, 0) is 0 Å². The summed E-state index contributed by atoms with van der Waals surface area (Å²) in [7, 11) is 0. The maximum absolute atomic E-state index is 11.5. The number of aliphatic hydroxyl groups is 1. The van der Waals surface area contributed by atoms with E-state index in [0.29, 0.717) is 5.75 Å². The topological polar surface area (TPSA) is 58.6 Å². The third kappa shape index (κ3) is 3.37. The first kappa shape index (κ1) is 11.8. The van der Waals surface area contributed by atoms with Gasteiger partial charge < -0.3 is 9.84 Å². The second-order valence-electron chi connectivity index (χ2n) is 3.39. The summed E-state index contributed by atoms with van der Waals surface area (Å²) in [5.74, 6) is 0.423. The van der Waals surface area contributed by atoms with Gasteiger partial charge in [0.1, 0.15) is 5.75 Å². The summed E-state index contributed by atoms with van der Waals surface area (Å²) in [5.41, 5.74) is -1.48. The van der Waals surface area contributed by atoms with Crippen LogP contribution in [0.25, 0.3) is 0 Å². The molecule has 2 N–H and O–H groups in total. The molecule has 0 radical (unpaired) electrons. The van der Waals surface area contributed by atoms with Gasteiger partial charge in [-0.1, -0.05) is 18.2 Å². The molecule has 0 aliphatic carbocycles. The summed E-state index contributed by atoms with van der Waals surface area (Å²) in [6.07, 6.45) is 2.24. The summed E-state index contributed by atoms with van der Waals surface area (Å²) in [4.78, 5) is 11.5. The predicted molar refractivity (Wildman–Crippen MR) is 66.4 cm³/mol. The minimum atomic E-state index is -1.48. The Morgan fingerprint density at radius 1 is 1.24 bits per heavy atom. The maximum Gasteiger partial charge on any atom is 0.415 e. The zero-order chi connectivity index (χ0) is 12.1. The van der Waals surface area contributed by atoms with Crippen molar-refractivity contribution in [3.63, 3.8) is 0 Å². The monoisotopic (exact) mass is 249 g/mol. The molecule has 88 valence electrons. The van der Waals surface area contributed by atoms with Crippen LogP contribution < -0.4 is 10.1 Å². The first-order chi connectivity index (χ1) is 8.18. The van der Waals surface area contributed by atoms with Crippen LogP contribution >= 0.6 is 11.8 Å². The molecule has 0 saturated carbocycles. The quantitative estimate of drug-likeness (QED) is 0.789. The average Bonchev–Trinajstić information content (AvgIpc) is 2.30. The molecule has 0 saturated heterocycles. The molecule has 0 fully saturated rings. The number of ether oxygens (including phenoxy) is 1. The molecule has 0 unspecified atom stereocenters. The van der Waals surface area contributed by atoms with Gasteiger partial charge in [0.25, 0.3) is 0 Å². The molecule has 1 aliphatic heterocycles. The largest absolute Gasteiger partial charge is 0.415 e. The first-order valence-corrected chi connectivity index (χ1v) is 5.90. The summed E-state index contributed by atoms with van der Waals surface area (Å²) in [5, 5.41) is 15.6. The van der Waals surface area contributed by atoms with Crippen LogP contribution in [0.4, 0.5) is 4.79 Å². The second-order valence-corrected chi connectivity index (χ2v) is 4.21. The minimum absolute atomic E-state index is 0.423. The van der Waals surface area contributed by atoms with Crippen molar-refractivity contribution in [2.45, 2.75) is 5.72 Å². The Morgan fingerprint density at radius 2 is 1.88 bits per heavy atom. The first-order valence-electron chi connectivity index (χ1n) is 4.96. The lowest BCUT2D eigenvalue weighted by atomic mass is 10.2. The zero-order valence-corrected chi connectivity index (χ0v) is 9.68. The molecule has 5 heteroatoms. The fourth-order valence-electron chi connectivity index (χ4n) is 1.25. The highest BCUT2D eigenvalue weighted by molar-refractivity contribution is 8.04. The Labute approximate surface area is 103 Å². The second kappa shape index (κ2) is 5.07. The predicted octanol–water partition coefficient (Wildman–Crippen LogP) is 2.24. The number of carbonyl (C=O) groups excluding carboxylic acids is 1. The number of nitrogens with one attached hydrogen (secondary N) is 1. The van der Waals surface area contributed by atoms with Crippen molar-refractivity contribution in [2.24, 2.45) is 0 Å². The molecule has 0 aromatic heterocycles. The number of hydrogen-bond acceptors (Lipinski definition) is 4. The van der Waals surface area contributed by atoms with E-state index in [0.717, 1.165) is 0 Å². The van der Waals surface area contributed by atoms with E-state index in [1.807, 2.05) is 6.07 Å². The Bertz CT molecular complexity index is 444. The Kier molecular flexibility index (Phi) is 3.51. The minimum Gasteiger partial charge on any atom is -0.410 e. The van der Waals surface area contributed by atoms with Crippen LogP contribution in [0, 0.1) is 0 Å². The van der Waals surface area contributed by atoms with Gasteiger partial charge in [0.05, 0.1) is 0 Å². The molecule has 4 nitrogen and oxygen atoms in total. The highest BCUT2D eigenvalue weighted by Crippen LogP contribution is 2.19. The fourth-order valence-corrected chi connectivity index (χ4v) is 1.92. The number of rotatable bonds is 2. The van der Waals surface area contributed by atoms with E-state index in [4.69, 9.17) is 4.74 Å². The van der Waals surface area contributed by atoms with E-state index in [9.17, 15) is 9.90 Å². The molecule has 2 rings (SSSR count). The van der Waals surface area contributed by atoms with E-state index >= 15 is 0 Å². The summed E-state index contributed by atoms with van der Waals surface area (Å²) >= 11 is 1.42. The Balaban J connectivity index is 1.96. The van der Waals surface area contributed by atoms with E-state index in [1.54, 1.807) is 35.1 Å². The fraction of sp³-hybridized carbons (Fsp3) is 0.0833. The molecule has 1 amide bonds. The molecule has 0 atom stereocenters. The number of benzene rings is 1. The van der Waals surface area contributed by atoms with Crippen LogP contribution in [0.1, 0.15) is 0 Å². The normalized spacial score (nSPS) is 16.5. The zero-order valence-electron chi connectivity index (χ0n) is 8.87. The van der Waals surface area contributed by atoms with E-state index in [1.165, 1.54) is 23.9 Å². The van der Waals surface area contributed by atoms with Gasteiger partial charge in [0.2, 0.25) is 0 Å². The van der Waals surface area contributed by atoms with E-state index in [2.05, 4.69) is 5.32 Å². The van der Waals surface area contributed by atoms with E-state index < -0.39 is 11.8 Å². The molecule has 0 spiro atoms. The van der Waals surface area contributed by atoms with Gasteiger partial charge >= 0.3 is 6.09 Å². The van der Waals surface area contributed by atoms with Crippen molar-refractivity contribution in [1.29, 1.82) is 0 Å². The summed E-state index contributed by atoms with van der Waals surface area (Å²) in [6.45, 7) is 0. The molecule has 1 heterocycles. The number of carbonyl (C=O) groups is 1. The van der Waals surface area contributed by atoms with Gasteiger partial charge in [-0.25, -0.2) is 4.79 Å². The van der Waals surface area contributed by atoms with Crippen molar-refractivity contribution in [2.75, 3.05) is 0 Å². The molecule has 1 aliphatic rings. The molecule has 1 aromatic rings. The highest BCUT2D eigenvalue weighted by Gasteiger charge is 2.24. The van der Waals surface area contributed by atoms with Crippen LogP contribution in [0.5, 0.6) is 5.75 Å². The molecule has 17 heavy (non-hydrogen) atoms. The number of para-hydroxylation sites is 1. The summed E-state index contributed by atoms with van der Waals surface area (Å²) in [6, 6.07) is 8.66. The maximum atomic E-state index is 11.5. The summed E-state index contributed by atoms with van der Waals surface area (Å²) < 4.78 is 5.00. The lowest BCUT2D eigenvalue weighted by molar-refractivity contribution is 0.0990. The number of thioether (sulfide) groups is 1. The van der Waals surface area contributed by atoms with Gasteiger partial charge in [-0.15, -0.1) is 11.8 Å². The molecule has 1 aromatic carbocycles. The van der Waals surface area contributed by atoms with Crippen LogP contribution in [0.2, 0.25) is 0 Å². The van der Waals surface area contributed by atoms with Gasteiger partial charge in [-0.2, -0.15) is 0 Å². The van der Waals surface area contributed by atoms with Crippen molar-refractivity contribution in [3.8, 4) is 5.75 Å². The molecule has 0 bridgehead atoms. The molecular formula is C12H11NO3S. The highest BCUT2D eigenvalue weighted by atomic mass is 32.2. The lowest BCUT2D eigenvalue weighted by Crippen LogP contribution is -2.46. The van der Waals surface area contributed by atoms with Gasteiger partial charge in [-0.3, -0.25) is 5.32 Å². The standard InChI is InChI=1S/C12H11NO3S/c14-11(16-10-4-2-1-3-5-10)13-12(15)6-8-17-9-7-12/h1-9,15H,(H,13,14). The van der Waals surface area contributed by atoms with Gasteiger partial charge in [0, 0.05) is 0 Å². The van der Waals surface area contributed by atoms with Crippen LogP contribution in [0.15, 0.2) is 53.3 Å². The van der Waals surface area contributed by atoms with Crippen molar-refractivity contribution >= 4 is 17.9 Å². The molecular weight excluding hydrogens is 238 g/mol. The third-order valence-electron chi connectivity index (χ3n) is 2.06. The van der Waals surface area contributed by atoms with Crippen LogP contribution in [0.3, 0.4) is 0 Å². The van der Waals surface area contributed by atoms with Gasteiger partial charge in [-0.05, 0) is 35.1 Å². The van der Waals surface area contributed by atoms with Gasteiger partial charge in [0.15, 0.2) is 5.72 Å². The SMILES string of the molecule is O=C(NC1(O)C=CSC=C1)Oc1ccccc1. The van der Waals surface area contributed by atoms with E-state index in [-0.39, 0.29) is 0 Å². The average molecular weight is 249 g/mol. The smallest absolute Gasteiger partial charge is 0.410 e. The number of amides is 1. The Morgan fingerprint density at radius 3 is 2.53 bits per heavy atom. The third-order valence-corrected chi connectivity index (χ3v) is 2.64.